The van der Waals surface area contributed by atoms with Gasteiger partial charge in [0.1, 0.15) is 5.75 Å². The molecule has 0 spiro atoms. The molecular formula is C17H19BrClNO. The van der Waals surface area contributed by atoms with Crippen molar-refractivity contribution in [2.24, 2.45) is 0 Å². The van der Waals surface area contributed by atoms with Crippen molar-refractivity contribution >= 4 is 27.5 Å². The molecule has 0 radical (unpaired) electrons. The van der Waals surface area contributed by atoms with Crippen molar-refractivity contribution in [2.45, 2.75) is 19.9 Å². The largest absolute Gasteiger partial charge is 0.494 e. The first kappa shape index (κ1) is 16.3. The molecule has 0 aromatic heterocycles. The highest BCUT2D eigenvalue weighted by molar-refractivity contribution is 9.10. The Morgan fingerprint density at radius 2 is 1.86 bits per heavy atom. The van der Waals surface area contributed by atoms with E-state index >= 15 is 0 Å². The van der Waals surface area contributed by atoms with Crippen molar-refractivity contribution in [2.75, 3.05) is 13.2 Å². The highest BCUT2D eigenvalue weighted by Crippen LogP contribution is 2.31. The van der Waals surface area contributed by atoms with Crippen LogP contribution in [0.5, 0.6) is 5.75 Å². The predicted molar refractivity (Wildman–Crippen MR) is 92.3 cm³/mol. The summed E-state index contributed by atoms with van der Waals surface area (Å²) in [5, 5.41) is 4.24. The topological polar surface area (TPSA) is 21.3 Å². The van der Waals surface area contributed by atoms with Crippen molar-refractivity contribution in [3.05, 3.63) is 63.1 Å². The Bertz CT molecular complexity index is 586. The van der Waals surface area contributed by atoms with E-state index in [1.165, 1.54) is 11.1 Å². The SMILES string of the molecule is CCNC(c1ccc(OCC)cc1)c1ccc(Cl)cc1Br. The maximum absolute atomic E-state index is 6.03. The van der Waals surface area contributed by atoms with E-state index in [1.807, 2.05) is 31.2 Å². The van der Waals surface area contributed by atoms with Crippen LogP contribution in [0.2, 0.25) is 5.02 Å². The Morgan fingerprint density at radius 3 is 2.43 bits per heavy atom. The van der Waals surface area contributed by atoms with Gasteiger partial charge in [0.05, 0.1) is 12.6 Å². The summed E-state index contributed by atoms with van der Waals surface area (Å²) >= 11 is 9.64. The molecule has 0 saturated carbocycles. The van der Waals surface area contributed by atoms with E-state index in [1.54, 1.807) is 0 Å². The second kappa shape index (κ2) is 7.83. The fraction of sp³-hybridized carbons (Fsp3) is 0.294. The number of rotatable bonds is 6. The summed E-state index contributed by atoms with van der Waals surface area (Å²) in [6.07, 6.45) is 0. The Balaban J connectivity index is 2.33. The molecular weight excluding hydrogens is 350 g/mol. The predicted octanol–water partition coefficient (Wildman–Crippen LogP) is 5.20. The normalized spacial score (nSPS) is 12.2. The van der Waals surface area contributed by atoms with Crippen LogP contribution in [0, 0.1) is 0 Å². The second-order valence-electron chi connectivity index (χ2n) is 4.66. The van der Waals surface area contributed by atoms with Crippen LogP contribution in [0.3, 0.4) is 0 Å². The average molecular weight is 369 g/mol. The molecule has 0 aliphatic rings. The van der Waals surface area contributed by atoms with Crippen molar-refractivity contribution in [3.63, 3.8) is 0 Å². The molecule has 2 aromatic carbocycles. The highest BCUT2D eigenvalue weighted by Gasteiger charge is 2.16. The third-order valence-corrected chi connectivity index (χ3v) is 4.13. The maximum atomic E-state index is 6.03. The zero-order chi connectivity index (χ0) is 15.2. The summed E-state index contributed by atoms with van der Waals surface area (Å²) in [5.41, 5.74) is 2.37. The Kier molecular flexibility index (Phi) is 6.09. The van der Waals surface area contributed by atoms with Gasteiger partial charge >= 0.3 is 0 Å². The molecule has 0 aliphatic heterocycles. The number of nitrogens with one attached hydrogen (secondary N) is 1. The summed E-state index contributed by atoms with van der Waals surface area (Å²) in [6.45, 7) is 5.65. The Hall–Kier alpha value is -1.03. The minimum absolute atomic E-state index is 0.123. The van der Waals surface area contributed by atoms with Crippen molar-refractivity contribution in [1.29, 1.82) is 0 Å². The number of halogens is 2. The lowest BCUT2D eigenvalue weighted by Gasteiger charge is -2.21. The number of hydrogen-bond donors (Lipinski definition) is 1. The number of hydrogen-bond acceptors (Lipinski definition) is 2. The van der Waals surface area contributed by atoms with Gasteiger partial charge in [-0.15, -0.1) is 0 Å². The summed E-state index contributed by atoms with van der Waals surface area (Å²) in [7, 11) is 0. The standard InChI is InChI=1S/C17H19BrClNO/c1-3-20-17(15-10-7-13(19)11-16(15)18)12-5-8-14(9-6-12)21-4-2/h5-11,17,20H,3-4H2,1-2H3. The zero-order valence-corrected chi connectivity index (χ0v) is 14.5. The minimum Gasteiger partial charge on any atom is -0.494 e. The molecule has 2 nitrogen and oxygen atoms in total. The Labute approximate surface area is 139 Å². The molecule has 21 heavy (non-hydrogen) atoms. The number of ether oxygens (including phenoxy) is 1. The quantitative estimate of drug-likeness (QED) is 0.756. The molecule has 1 atom stereocenters. The van der Waals surface area contributed by atoms with Crippen LogP contribution in [0.1, 0.15) is 31.0 Å². The van der Waals surface area contributed by atoms with Gasteiger partial charge in [-0.1, -0.05) is 52.7 Å². The van der Waals surface area contributed by atoms with Crippen LogP contribution in [0.25, 0.3) is 0 Å². The van der Waals surface area contributed by atoms with Gasteiger partial charge in [0, 0.05) is 9.50 Å². The molecule has 1 unspecified atom stereocenters. The van der Waals surface area contributed by atoms with Gasteiger partial charge in [-0.05, 0) is 48.9 Å². The van der Waals surface area contributed by atoms with E-state index in [0.29, 0.717) is 6.61 Å². The first-order valence-corrected chi connectivity index (χ1v) is 8.23. The summed E-state index contributed by atoms with van der Waals surface area (Å²) in [4.78, 5) is 0. The van der Waals surface area contributed by atoms with Crippen LogP contribution >= 0.6 is 27.5 Å². The van der Waals surface area contributed by atoms with Crippen LogP contribution in [0.4, 0.5) is 0 Å². The van der Waals surface area contributed by atoms with Gasteiger partial charge in [-0.3, -0.25) is 0 Å². The van der Waals surface area contributed by atoms with Gasteiger partial charge in [-0.25, -0.2) is 0 Å². The van der Waals surface area contributed by atoms with Gasteiger partial charge in [0.2, 0.25) is 0 Å². The van der Waals surface area contributed by atoms with Crippen LogP contribution in [0.15, 0.2) is 46.9 Å². The first-order chi connectivity index (χ1) is 10.2. The fourth-order valence-electron chi connectivity index (χ4n) is 2.27. The second-order valence-corrected chi connectivity index (χ2v) is 5.95. The van der Waals surface area contributed by atoms with Crippen LogP contribution in [-0.4, -0.2) is 13.2 Å². The van der Waals surface area contributed by atoms with Gasteiger partial charge in [-0.2, -0.15) is 0 Å². The monoisotopic (exact) mass is 367 g/mol. The maximum Gasteiger partial charge on any atom is 0.119 e. The molecule has 2 aromatic rings. The molecule has 2 rings (SSSR count). The summed E-state index contributed by atoms with van der Waals surface area (Å²) in [6, 6.07) is 14.2. The molecule has 0 heterocycles. The van der Waals surface area contributed by atoms with Crippen molar-refractivity contribution in [3.8, 4) is 5.75 Å². The van der Waals surface area contributed by atoms with Crippen LogP contribution < -0.4 is 10.1 Å². The Morgan fingerprint density at radius 1 is 1.14 bits per heavy atom. The molecule has 0 amide bonds. The first-order valence-electron chi connectivity index (χ1n) is 7.06. The highest BCUT2D eigenvalue weighted by atomic mass is 79.9. The lowest BCUT2D eigenvalue weighted by atomic mass is 9.98. The molecule has 0 saturated heterocycles. The molecule has 0 aliphatic carbocycles. The lowest BCUT2D eigenvalue weighted by molar-refractivity contribution is 0.340. The van der Waals surface area contributed by atoms with Crippen molar-refractivity contribution < 1.29 is 4.74 Å². The smallest absolute Gasteiger partial charge is 0.119 e. The molecule has 1 N–H and O–H groups in total. The molecule has 4 heteroatoms. The van der Waals surface area contributed by atoms with E-state index in [9.17, 15) is 0 Å². The van der Waals surface area contributed by atoms with E-state index in [4.69, 9.17) is 16.3 Å². The van der Waals surface area contributed by atoms with E-state index < -0.39 is 0 Å². The van der Waals surface area contributed by atoms with Crippen LogP contribution in [-0.2, 0) is 0 Å². The fourth-order valence-corrected chi connectivity index (χ4v) is 3.18. The molecule has 112 valence electrons. The minimum atomic E-state index is 0.123. The third-order valence-electron chi connectivity index (χ3n) is 3.21. The van der Waals surface area contributed by atoms with E-state index in [2.05, 4.69) is 46.4 Å². The molecule has 0 bridgehead atoms. The molecule has 0 fully saturated rings. The average Bonchev–Trinajstić information content (AvgIpc) is 2.47. The lowest BCUT2D eigenvalue weighted by Crippen LogP contribution is -2.22. The summed E-state index contributed by atoms with van der Waals surface area (Å²) < 4.78 is 6.51. The number of benzene rings is 2. The zero-order valence-electron chi connectivity index (χ0n) is 12.2. The van der Waals surface area contributed by atoms with Gasteiger partial charge in [0.15, 0.2) is 0 Å². The van der Waals surface area contributed by atoms with Crippen molar-refractivity contribution in [1.82, 2.24) is 5.32 Å². The summed E-state index contributed by atoms with van der Waals surface area (Å²) in [5.74, 6) is 0.895. The third kappa shape index (κ3) is 4.22. The van der Waals surface area contributed by atoms with E-state index in [-0.39, 0.29) is 6.04 Å². The van der Waals surface area contributed by atoms with Gasteiger partial charge in [0.25, 0.3) is 0 Å². The van der Waals surface area contributed by atoms with Gasteiger partial charge < -0.3 is 10.1 Å². The van der Waals surface area contributed by atoms with E-state index in [0.717, 1.165) is 21.8 Å².